The second-order valence-corrected chi connectivity index (χ2v) is 7.51. The zero-order valence-corrected chi connectivity index (χ0v) is 11.4. The quantitative estimate of drug-likeness (QED) is 0.874. The summed E-state index contributed by atoms with van der Waals surface area (Å²) in [6.07, 6.45) is 1.45. The molecule has 0 aromatic heterocycles. The van der Waals surface area contributed by atoms with Crippen molar-refractivity contribution in [3.05, 3.63) is 35.9 Å². The summed E-state index contributed by atoms with van der Waals surface area (Å²) >= 11 is 0. The molecule has 3 nitrogen and oxygen atoms in total. The normalized spacial score (nSPS) is 14.6. The van der Waals surface area contributed by atoms with Gasteiger partial charge in [0.15, 0.2) is 9.84 Å². The third-order valence-corrected chi connectivity index (χ3v) is 5.49. The minimum atomic E-state index is -3.26. The van der Waals surface area contributed by atoms with Crippen LogP contribution in [0.1, 0.15) is 25.8 Å². The summed E-state index contributed by atoms with van der Waals surface area (Å²) in [4.78, 5) is 0. The molecule has 1 N–H and O–H groups in total. The van der Waals surface area contributed by atoms with Gasteiger partial charge in [0.2, 0.25) is 0 Å². The SMILES string of the molecule is CC(C)(C(O)CCc1ccccc1)S(C)(=O)=O. The van der Waals surface area contributed by atoms with E-state index in [9.17, 15) is 13.5 Å². The van der Waals surface area contributed by atoms with Crippen LogP contribution in [0.25, 0.3) is 0 Å². The molecule has 0 radical (unpaired) electrons. The Morgan fingerprint density at radius 3 is 2.24 bits per heavy atom. The molecule has 0 fully saturated rings. The zero-order chi connectivity index (χ0) is 13.1. The van der Waals surface area contributed by atoms with Crippen LogP contribution in [0.5, 0.6) is 0 Å². The molecule has 0 saturated carbocycles. The Hall–Kier alpha value is -0.870. The fraction of sp³-hybridized carbons (Fsp3) is 0.538. The summed E-state index contributed by atoms with van der Waals surface area (Å²) in [5.74, 6) is 0. The first-order chi connectivity index (χ1) is 7.75. The second kappa shape index (κ2) is 5.19. The topological polar surface area (TPSA) is 54.4 Å². The van der Waals surface area contributed by atoms with Crippen LogP contribution in [0.3, 0.4) is 0 Å². The van der Waals surface area contributed by atoms with Gasteiger partial charge in [-0.05, 0) is 32.3 Å². The second-order valence-electron chi connectivity index (χ2n) is 4.92. The average molecular weight is 256 g/mol. The highest BCUT2D eigenvalue weighted by Gasteiger charge is 2.37. The van der Waals surface area contributed by atoms with Crippen LogP contribution in [0.15, 0.2) is 30.3 Å². The molecule has 1 aromatic rings. The van der Waals surface area contributed by atoms with Crippen molar-refractivity contribution in [3.8, 4) is 0 Å². The number of aryl methyl sites for hydroxylation is 1. The highest BCUT2D eigenvalue weighted by atomic mass is 32.2. The minimum absolute atomic E-state index is 0.448. The number of rotatable bonds is 5. The van der Waals surface area contributed by atoms with Crippen LogP contribution >= 0.6 is 0 Å². The first kappa shape index (κ1) is 14.2. The molecule has 0 saturated heterocycles. The Morgan fingerprint density at radius 1 is 1.24 bits per heavy atom. The molecule has 1 unspecified atom stereocenters. The van der Waals surface area contributed by atoms with Crippen LogP contribution in [-0.4, -0.2) is 30.6 Å². The molecule has 0 aliphatic carbocycles. The standard InChI is InChI=1S/C13H20O3S/c1-13(2,17(3,15)16)12(14)10-9-11-7-5-4-6-8-11/h4-8,12,14H,9-10H2,1-3H3. The summed E-state index contributed by atoms with van der Waals surface area (Å²) in [6, 6.07) is 9.74. The van der Waals surface area contributed by atoms with Gasteiger partial charge < -0.3 is 5.11 Å². The van der Waals surface area contributed by atoms with Crippen molar-refractivity contribution in [1.82, 2.24) is 0 Å². The van der Waals surface area contributed by atoms with E-state index in [-0.39, 0.29) is 0 Å². The van der Waals surface area contributed by atoms with Crippen molar-refractivity contribution in [1.29, 1.82) is 0 Å². The van der Waals surface area contributed by atoms with Crippen LogP contribution < -0.4 is 0 Å². The van der Waals surface area contributed by atoms with Crippen LogP contribution in [0.2, 0.25) is 0 Å². The van der Waals surface area contributed by atoms with Gasteiger partial charge in [-0.3, -0.25) is 0 Å². The van der Waals surface area contributed by atoms with Gasteiger partial charge in [0.1, 0.15) is 0 Å². The molecule has 96 valence electrons. The summed E-state index contributed by atoms with van der Waals surface area (Å²) < 4.78 is 22.0. The Kier molecular flexibility index (Phi) is 4.33. The fourth-order valence-corrected chi connectivity index (χ4v) is 2.15. The Morgan fingerprint density at radius 2 is 1.76 bits per heavy atom. The molecule has 0 aliphatic rings. The Labute approximate surface area is 103 Å². The maximum absolute atomic E-state index is 11.5. The molecule has 0 amide bonds. The van der Waals surface area contributed by atoms with E-state index in [0.29, 0.717) is 12.8 Å². The monoisotopic (exact) mass is 256 g/mol. The van der Waals surface area contributed by atoms with E-state index in [4.69, 9.17) is 0 Å². The van der Waals surface area contributed by atoms with E-state index in [1.54, 1.807) is 13.8 Å². The maximum atomic E-state index is 11.5. The number of hydrogen-bond acceptors (Lipinski definition) is 3. The number of aliphatic hydroxyl groups excluding tert-OH is 1. The highest BCUT2D eigenvalue weighted by molar-refractivity contribution is 7.92. The van der Waals surface area contributed by atoms with Gasteiger partial charge in [-0.25, -0.2) is 8.42 Å². The lowest BCUT2D eigenvalue weighted by Gasteiger charge is -2.28. The zero-order valence-electron chi connectivity index (χ0n) is 10.6. The van der Waals surface area contributed by atoms with Crippen molar-refractivity contribution in [2.75, 3.05) is 6.26 Å². The maximum Gasteiger partial charge on any atom is 0.155 e. The van der Waals surface area contributed by atoms with Crippen molar-refractivity contribution < 1.29 is 13.5 Å². The van der Waals surface area contributed by atoms with Crippen LogP contribution in [0, 0.1) is 0 Å². The van der Waals surface area contributed by atoms with Gasteiger partial charge in [-0.2, -0.15) is 0 Å². The lowest BCUT2D eigenvalue weighted by Crippen LogP contribution is -2.43. The lowest BCUT2D eigenvalue weighted by molar-refractivity contribution is 0.128. The Balaban J connectivity index is 2.65. The first-order valence-corrected chi connectivity index (χ1v) is 7.56. The van der Waals surface area contributed by atoms with Gasteiger partial charge in [0, 0.05) is 6.26 Å². The van der Waals surface area contributed by atoms with E-state index in [0.717, 1.165) is 5.56 Å². The van der Waals surface area contributed by atoms with E-state index >= 15 is 0 Å². The van der Waals surface area contributed by atoms with E-state index < -0.39 is 20.7 Å². The molecule has 0 aliphatic heterocycles. The van der Waals surface area contributed by atoms with Gasteiger partial charge in [0.05, 0.1) is 10.9 Å². The molecular formula is C13H20O3S. The number of benzene rings is 1. The van der Waals surface area contributed by atoms with Gasteiger partial charge in [0.25, 0.3) is 0 Å². The van der Waals surface area contributed by atoms with Gasteiger partial charge in [-0.1, -0.05) is 30.3 Å². The van der Waals surface area contributed by atoms with Crippen molar-refractivity contribution in [2.24, 2.45) is 0 Å². The molecule has 17 heavy (non-hydrogen) atoms. The number of hydrogen-bond donors (Lipinski definition) is 1. The van der Waals surface area contributed by atoms with E-state index in [1.165, 1.54) is 6.26 Å². The number of aliphatic hydroxyl groups is 1. The predicted octanol–water partition coefficient (Wildman–Crippen LogP) is 1.80. The minimum Gasteiger partial charge on any atom is -0.391 e. The molecule has 1 aromatic carbocycles. The largest absolute Gasteiger partial charge is 0.391 e. The van der Waals surface area contributed by atoms with Gasteiger partial charge >= 0.3 is 0 Å². The van der Waals surface area contributed by atoms with Crippen LogP contribution in [-0.2, 0) is 16.3 Å². The third-order valence-electron chi connectivity index (χ3n) is 3.31. The predicted molar refractivity (Wildman–Crippen MR) is 69.7 cm³/mol. The molecule has 1 rings (SSSR count). The van der Waals surface area contributed by atoms with Gasteiger partial charge in [-0.15, -0.1) is 0 Å². The summed E-state index contributed by atoms with van der Waals surface area (Å²) in [5, 5.41) is 9.99. The molecule has 0 heterocycles. The molecular weight excluding hydrogens is 236 g/mol. The smallest absolute Gasteiger partial charge is 0.155 e. The molecule has 0 spiro atoms. The summed E-state index contributed by atoms with van der Waals surface area (Å²) in [6.45, 7) is 3.13. The summed E-state index contributed by atoms with van der Waals surface area (Å²) in [7, 11) is -3.26. The summed E-state index contributed by atoms with van der Waals surface area (Å²) in [5.41, 5.74) is 1.11. The van der Waals surface area contributed by atoms with Crippen LogP contribution in [0.4, 0.5) is 0 Å². The number of sulfone groups is 1. The molecule has 0 bridgehead atoms. The molecule has 1 atom stereocenters. The van der Waals surface area contributed by atoms with Crippen molar-refractivity contribution >= 4 is 9.84 Å². The fourth-order valence-electron chi connectivity index (χ4n) is 1.54. The average Bonchev–Trinajstić information content (AvgIpc) is 2.25. The van der Waals surface area contributed by atoms with Crippen molar-refractivity contribution in [3.63, 3.8) is 0 Å². The Bertz CT molecular complexity index is 449. The molecule has 4 heteroatoms. The lowest BCUT2D eigenvalue weighted by atomic mass is 9.98. The first-order valence-electron chi connectivity index (χ1n) is 5.67. The third kappa shape index (κ3) is 3.54. The van der Waals surface area contributed by atoms with E-state index in [1.807, 2.05) is 30.3 Å². The van der Waals surface area contributed by atoms with Crippen molar-refractivity contribution in [2.45, 2.75) is 37.5 Å². The van der Waals surface area contributed by atoms with E-state index in [2.05, 4.69) is 0 Å². The highest BCUT2D eigenvalue weighted by Crippen LogP contribution is 2.23.